The lowest BCUT2D eigenvalue weighted by Gasteiger charge is -2.08. The van der Waals surface area contributed by atoms with Gasteiger partial charge in [-0.2, -0.15) is 0 Å². The molecular formula is C19H22N4OS2. The number of thioether (sulfide) groups is 1. The van der Waals surface area contributed by atoms with Gasteiger partial charge in [0.1, 0.15) is 0 Å². The second-order valence-corrected chi connectivity index (χ2v) is 8.11. The summed E-state index contributed by atoms with van der Waals surface area (Å²) in [6.07, 6.45) is 0. The molecule has 0 bridgehead atoms. The molecule has 1 N–H and O–H groups in total. The first-order valence-electron chi connectivity index (χ1n) is 8.47. The standard InChI is InChI=1S/C19H22N4OS2/c1-5-23-18(16-10-25-14(4)13(16)3)21-22-19(23)26-11-17(24)20-15-8-6-12(2)7-9-15/h6-10H,5,11H2,1-4H3,(H,20,24). The number of aromatic nitrogens is 3. The maximum Gasteiger partial charge on any atom is 0.234 e. The maximum absolute atomic E-state index is 12.2. The van der Waals surface area contributed by atoms with Gasteiger partial charge in [-0.1, -0.05) is 29.5 Å². The Morgan fingerprint density at radius 1 is 1.19 bits per heavy atom. The average Bonchev–Trinajstić information content (AvgIpc) is 3.18. The smallest absolute Gasteiger partial charge is 0.234 e. The molecule has 26 heavy (non-hydrogen) atoms. The number of aryl methyl sites for hydroxylation is 2. The first-order valence-corrected chi connectivity index (χ1v) is 10.3. The highest BCUT2D eigenvalue weighted by Gasteiger charge is 2.17. The van der Waals surface area contributed by atoms with Crippen molar-refractivity contribution in [1.29, 1.82) is 0 Å². The topological polar surface area (TPSA) is 59.8 Å². The van der Waals surface area contributed by atoms with Gasteiger partial charge in [0.05, 0.1) is 5.75 Å². The van der Waals surface area contributed by atoms with Crippen LogP contribution in [0.1, 0.15) is 22.9 Å². The van der Waals surface area contributed by atoms with E-state index in [4.69, 9.17) is 0 Å². The number of amides is 1. The number of hydrogen-bond donors (Lipinski definition) is 1. The number of carbonyl (C=O) groups excluding carboxylic acids is 1. The van der Waals surface area contributed by atoms with Crippen LogP contribution in [0.5, 0.6) is 0 Å². The number of carbonyl (C=O) groups is 1. The Labute approximate surface area is 161 Å². The number of thiophene rings is 1. The fraction of sp³-hybridized carbons (Fsp3) is 0.316. The Bertz CT molecular complexity index is 912. The Morgan fingerprint density at radius 2 is 1.92 bits per heavy atom. The molecule has 2 heterocycles. The van der Waals surface area contributed by atoms with E-state index in [2.05, 4.69) is 46.2 Å². The van der Waals surface area contributed by atoms with Gasteiger partial charge in [-0.25, -0.2) is 0 Å². The number of nitrogens with one attached hydrogen (secondary N) is 1. The summed E-state index contributed by atoms with van der Waals surface area (Å²) in [4.78, 5) is 13.5. The number of anilines is 1. The van der Waals surface area contributed by atoms with E-state index in [-0.39, 0.29) is 5.91 Å². The van der Waals surface area contributed by atoms with Gasteiger partial charge in [0.25, 0.3) is 0 Å². The van der Waals surface area contributed by atoms with Crippen molar-refractivity contribution in [2.75, 3.05) is 11.1 Å². The van der Waals surface area contributed by atoms with Crippen molar-refractivity contribution in [3.8, 4) is 11.4 Å². The van der Waals surface area contributed by atoms with Gasteiger partial charge < -0.3 is 9.88 Å². The van der Waals surface area contributed by atoms with Gasteiger partial charge in [0.15, 0.2) is 11.0 Å². The first-order chi connectivity index (χ1) is 12.5. The monoisotopic (exact) mass is 386 g/mol. The summed E-state index contributed by atoms with van der Waals surface area (Å²) in [6, 6.07) is 7.78. The first kappa shape index (κ1) is 18.7. The minimum absolute atomic E-state index is 0.0476. The van der Waals surface area contributed by atoms with Crippen LogP contribution in [-0.4, -0.2) is 26.4 Å². The SMILES string of the molecule is CCn1c(SCC(=O)Nc2ccc(C)cc2)nnc1-c1csc(C)c1C. The van der Waals surface area contributed by atoms with Crippen molar-refractivity contribution in [3.63, 3.8) is 0 Å². The molecule has 3 rings (SSSR count). The average molecular weight is 387 g/mol. The Hall–Kier alpha value is -2.12. The molecule has 0 aliphatic rings. The van der Waals surface area contributed by atoms with E-state index in [0.717, 1.165) is 28.8 Å². The zero-order chi connectivity index (χ0) is 18.7. The number of benzene rings is 1. The lowest BCUT2D eigenvalue weighted by Crippen LogP contribution is -2.14. The van der Waals surface area contributed by atoms with Crippen molar-refractivity contribution in [2.45, 2.75) is 39.4 Å². The molecule has 5 nitrogen and oxygen atoms in total. The van der Waals surface area contributed by atoms with Crippen LogP contribution in [0.25, 0.3) is 11.4 Å². The third kappa shape index (κ3) is 3.99. The summed E-state index contributed by atoms with van der Waals surface area (Å²) in [5.74, 6) is 1.12. The fourth-order valence-corrected chi connectivity index (χ4v) is 4.24. The van der Waals surface area contributed by atoms with E-state index in [1.807, 2.05) is 31.2 Å². The zero-order valence-corrected chi connectivity index (χ0v) is 17.0. The molecule has 0 saturated heterocycles. The Morgan fingerprint density at radius 3 is 2.54 bits per heavy atom. The van der Waals surface area contributed by atoms with Crippen LogP contribution in [0.2, 0.25) is 0 Å². The highest BCUT2D eigenvalue weighted by molar-refractivity contribution is 7.99. The lowest BCUT2D eigenvalue weighted by molar-refractivity contribution is -0.113. The van der Waals surface area contributed by atoms with E-state index < -0.39 is 0 Å². The van der Waals surface area contributed by atoms with Gasteiger partial charge >= 0.3 is 0 Å². The summed E-state index contributed by atoms with van der Waals surface area (Å²) in [6.45, 7) is 9.07. The van der Waals surface area contributed by atoms with Gasteiger partial charge in [-0.15, -0.1) is 21.5 Å². The van der Waals surface area contributed by atoms with Gasteiger partial charge in [0, 0.05) is 28.1 Å². The second-order valence-electron chi connectivity index (χ2n) is 6.08. The highest BCUT2D eigenvalue weighted by atomic mass is 32.2. The van der Waals surface area contributed by atoms with Crippen molar-refractivity contribution in [3.05, 3.63) is 45.6 Å². The molecular weight excluding hydrogens is 364 g/mol. The molecule has 0 spiro atoms. The van der Waals surface area contributed by atoms with Gasteiger partial charge in [-0.3, -0.25) is 4.79 Å². The van der Waals surface area contributed by atoms with Crippen LogP contribution in [-0.2, 0) is 11.3 Å². The Kier molecular flexibility index (Phi) is 5.78. The predicted molar refractivity (Wildman–Crippen MR) is 109 cm³/mol. The quantitative estimate of drug-likeness (QED) is 0.625. The normalized spacial score (nSPS) is 10.9. The van der Waals surface area contributed by atoms with Gasteiger partial charge in [0.2, 0.25) is 5.91 Å². The molecule has 0 unspecified atom stereocenters. The molecule has 0 aliphatic carbocycles. The molecule has 136 valence electrons. The summed E-state index contributed by atoms with van der Waals surface area (Å²) in [7, 11) is 0. The second kappa shape index (κ2) is 8.05. The largest absolute Gasteiger partial charge is 0.325 e. The van der Waals surface area contributed by atoms with Crippen LogP contribution in [0, 0.1) is 20.8 Å². The maximum atomic E-state index is 12.2. The molecule has 3 aromatic rings. The molecule has 0 saturated carbocycles. The summed E-state index contributed by atoms with van der Waals surface area (Å²) < 4.78 is 2.07. The predicted octanol–water partition coefficient (Wildman–Crippen LogP) is 4.68. The molecule has 7 heteroatoms. The summed E-state index contributed by atoms with van der Waals surface area (Å²) >= 11 is 3.13. The summed E-state index contributed by atoms with van der Waals surface area (Å²) in [5, 5.41) is 14.5. The van der Waals surface area contributed by atoms with Crippen molar-refractivity contribution < 1.29 is 4.79 Å². The Balaban J connectivity index is 1.69. The van der Waals surface area contributed by atoms with Crippen LogP contribution in [0.15, 0.2) is 34.8 Å². The molecule has 0 atom stereocenters. The van der Waals surface area contributed by atoms with Crippen LogP contribution >= 0.6 is 23.1 Å². The number of hydrogen-bond acceptors (Lipinski definition) is 5. The summed E-state index contributed by atoms with van der Waals surface area (Å²) in [5.41, 5.74) is 4.34. The third-order valence-electron chi connectivity index (χ3n) is 4.23. The van der Waals surface area contributed by atoms with E-state index in [1.165, 1.54) is 27.8 Å². The molecule has 0 aliphatic heterocycles. The number of nitrogens with zero attached hydrogens (tertiary/aromatic N) is 3. The molecule has 0 fully saturated rings. The van der Waals surface area contributed by atoms with Crippen molar-refractivity contribution in [1.82, 2.24) is 14.8 Å². The minimum atomic E-state index is -0.0476. The minimum Gasteiger partial charge on any atom is -0.325 e. The van der Waals surface area contributed by atoms with E-state index in [9.17, 15) is 4.79 Å². The van der Waals surface area contributed by atoms with Crippen LogP contribution in [0.3, 0.4) is 0 Å². The molecule has 0 radical (unpaired) electrons. The van der Waals surface area contributed by atoms with E-state index in [1.54, 1.807) is 11.3 Å². The fourth-order valence-electron chi connectivity index (χ4n) is 2.58. The molecule has 1 amide bonds. The van der Waals surface area contributed by atoms with E-state index >= 15 is 0 Å². The third-order valence-corrected chi connectivity index (χ3v) is 6.21. The van der Waals surface area contributed by atoms with Gasteiger partial charge in [-0.05, 0) is 45.4 Å². The van der Waals surface area contributed by atoms with Crippen molar-refractivity contribution >= 4 is 34.7 Å². The highest BCUT2D eigenvalue weighted by Crippen LogP contribution is 2.31. The number of rotatable bonds is 6. The van der Waals surface area contributed by atoms with E-state index in [0.29, 0.717) is 5.75 Å². The zero-order valence-electron chi connectivity index (χ0n) is 15.4. The lowest BCUT2D eigenvalue weighted by atomic mass is 10.1. The van der Waals surface area contributed by atoms with Crippen LogP contribution in [0.4, 0.5) is 5.69 Å². The molecule has 1 aromatic carbocycles. The van der Waals surface area contributed by atoms with Crippen molar-refractivity contribution in [2.24, 2.45) is 0 Å². The molecule has 2 aromatic heterocycles. The van der Waals surface area contributed by atoms with Crippen LogP contribution < -0.4 is 5.32 Å².